The van der Waals surface area contributed by atoms with Crippen LogP contribution in [0.5, 0.6) is 5.75 Å². The van der Waals surface area contributed by atoms with Gasteiger partial charge < -0.3 is 26.0 Å². The van der Waals surface area contributed by atoms with Crippen LogP contribution >= 0.6 is 0 Å². The summed E-state index contributed by atoms with van der Waals surface area (Å²) in [5.41, 5.74) is 5.97. The van der Waals surface area contributed by atoms with Gasteiger partial charge in [-0.25, -0.2) is 4.79 Å². The van der Waals surface area contributed by atoms with Crippen LogP contribution < -0.4 is 21.1 Å². The van der Waals surface area contributed by atoms with Crippen molar-refractivity contribution in [1.82, 2.24) is 15.5 Å². The zero-order chi connectivity index (χ0) is 21.3. The summed E-state index contributed by atoms with van der Waals surface area (Å²) in [6, 6.07) is 7.33. The molecule has 0 bridgehead atoms. The maximum absolute atomic E-state index is 12.4. The summed E-state index contributed by atoms with van der Waals surface area (Å²) in [6.07, 6.45) is 7.47. The molecular weight excluding hydrogens is 384 g/mol. The summed E-state index contributed by atoms with van der Waals surface area (Å²) in [4.78, 5) is 37.4. The van der Waals surface area contributed by atoms with E-state index in [0.29, 0.717) is 24.9 Å². The van der Waals surface area contributed by atoms with Crippen molar-refractivity contribution in [3.05, 3.63) is 29.8 Å². The molecule has 4 amide bonds. The molecule has 0 atom stereocenters. The predicted octanol–water partition coefficient (Wildman–Crippen LogP) is 1.72. The van der Waals surface area contributed by atoms with Gasteiger partial charge in [0.1, 0.15) is 5.75 Å². The molecule has 3 rings (SSSR count). The molecule has 1 aliphatic carbocycles. The second-order valence-corrected chi connectivity index (χ2v) is 8.19. The second-order valence-electron chi connectivity index (χ2n) is 8.19. The van der Waals surface area contributed by atoms with E-state index in [2.05, 4.69) is 10.6 Å². The number of ether oxygens (including phenoxy) is 1. The molecule has 4 N–H and O–H groups in total. The van der Waals surface area contributed by atoms with Gasteiger partial charge in [-0.1, -0.05) is 31.4 Å². The molecule has 8 heteroatoms. The molecule has 0 radical (unpaired) electrons. The molecule has 1 aromatic rings. The first-order valence-corrected chi connectivity index (χ1v) is 10.8. The Balaban J connectivity index is 1.33. The lowest BCUT2D eigenvalue weighted by Gasteiger charge is -2.34. The average molecular weight is 417 g/mol. The Kier molecular flexibility index (Phi) is 7.93. The molecule has 1 aromatic carbocycles. The van der Waals surface area contributed by atoms with Crippen LogP contribution in [0.25, 0.3) is 0 Å². The topological polar surface area (TPSA) is 114 Å². The third-order valence-corrected chi connectivity index (χ3v) is 5.75. The molecule has 2 aliphatic rings. The fourth-order valence-electron chi connectivity index (χ4n) is 4.06. The largest absolute Gasteiger partial charge is 0.484 e. The first-order chi connectivity index (χ1) is 14.5. The van der Waals surface area contributed by atoms with Crippen LogP contribution in [0.3, 0.4) is 0 Å². The van der Waals surface area contributed by atoms with Crippen molar-refractivity contribution in [2.24, 2.45) is 5.73 Å². The fraction of sp³-hybridized carbons (Fsp3) is 0.591. The van der Waals surface area contributed by atoms with Gasteiger partial charge in [0.2, 0.25) is 5.91 Å². The summed E-state index contributed by atoms with van der Waals surface area (Å²) >= 11 is 0. The van der Waals surface area contributed by atoms with Crippen molar-refractivity contribution >= 4 is 17.8 Å². The standard InChI is InChI=1S/C22H32N4O4/c23-20(27)14-16-6-8-19(9-7-16)30-15-21(28)24-18-10-12-26(13-11-18)22(29)25-17-4-2-1-3-5-17/h6-9,17-18H,1-5,10-15H2,(H2,23,27)(H,24,28)(H,25,29). The molecule has 0 aromatic heterocycles. The van der Waals surface area contributed by atoms with Gasteiger partial charge in [0.15, 0.2) is 6.61 Å². The van der Waals surface area contributed by atoms with Gasteiger partial charge in [0, 0.05) is 25.2 Å². The minimum Gasteiger partial charge on any atom is -0.484 e. The van der Waals surface area contributed by atoms with E-state index < -0.39 is 0 Å². The van der Waals surface area contributed by atoms with E-state index in [4.69, 9.17) is 10.5 Å². The molecule has 2 fully saturated rings. The lowest BCUT2D eigenvalue weighted by molar-refractivity contribution is -0.124. The summed E-state index contributed by atoms with van der Waals surface area (Å²) in [6.45, 7) is 1.22. The number of carbonyl (C=O) groups excluding carboxylic acids is 3. The quantitative estimate of drug-likeness (QED) is 0.628. The van der Waals surface area contributed by atoms with Crippen LogP contribution in [-0.4, -0.2) is 54.5 Å². The van der Waals surface area contributed by atoms with Gasteiger partial charge in [0.25, 0.3) is 5.91 Å². The maximum atomic E-state index is 12.4. The van der Waals surface area contributed by atoms with E-state index in [0.717, 1.165) is 31.2 Å². The van der Waals surface area contributed by atoms with Gasteiger partial charge in [-0.05, 0) is 43.4 Å². The predicted molar refractivity (Wildman–Crippen MR) is 113 cm³/mol. The maximum Gasteiger partial charge on any atom is 0.317 e. The van der Waals surface area contributed by atoms with Crippen LogP contribution in [0.2, 0.25) is 0 Å². The molecular formula is C22H32N4O4. The Morgan fingerprint density at radius 1 is 0.933 bits per heavy atom. The van der Waals surface area contributed by atoms with Crippen molar-refractivity contribution in [1.29, 1.82) is 0 Å². The average Bonchev–Trinajstić information content (AvgIpc) is 2.74. The number of urea groups is 1. The van der Waals surface area contributed by atoms with E-state index in [1.165, 1.54) is 19.3 Å². The highest BCUT2D eigenvalue weighted by molar-refractivity contribution is 5.78. The molecule has 1 saturated heterocycles. The zero-order valence-corrected chi connectivity index (χ0v) is 17.4. The van der Waals surface area contributed by atoms with E-state index in [1.807, 2.05) is 4.90 Å². The van der Waals surface area contributed by atoms with Crippen molar-refractivity contribution < 1.29 is 19.1 Å². The fourth-order valence-corrected chi connectivity index (χ4v) is 4.06. The zero-order valence-electron chi connectivity index (χ0n) is 17.4. The van der Waals surface area contributed by atoms with Gasteiger partial charge in [-0.3, -0.25) is 9.59 Å². The lowest BCUT2D eigenvalue weighted by atomic mass is 9.95. The number of amides is 4. The molecule has 30 heavy (non-hydrogen) atoms. The number of nitrogens with two attached hydrogens (primary N) is 1. The first kappa shape index (κ1) is 21.9. The molecule has 8 nitrogen and oxygen atoms in total. The highest BCUT2D eigenvalue weighted by Gasteiger charge is 2.25. The monoisotopic (exact) mass is 416 g/mol. The van der Waals surface area contributed by atoms with E-state index in [-0.39, 0.29) is 36.9 Å². The Bertz CT molecular complexity index is 723. The van der Waals surface area contributed by atoms with Gasteiger partial charge in [0.05, 0.1) is 6.42 Å². The molecule has 164 valence electrons. The molecule has 1 aliphatic heterocycles. The number of likely N-dealkylation sites (tertiary alicyclic amines) is 1. The highest BCUT2D eigenvalue weighted by Crippen LogP contribution is 2.18. The summed E-state index contributed by atoms with van der Waals surface area (Å²) < 4.78 is 5.51. The second kappa shape index (κ2) is 10.8. The third-order valence-electron chi connectivity index (χ3n) is 5.75. The number of nitrogens with one attached hydrogen (secondary N) is 2. The van der Waals surface area contributed by atoms with Gasteiger partial charge >= 0.3 is 6.03 Å². The summed E-state index contributed by atoms with van der Waals surface area (Å²) in [5, 5.41) is 6.13. The smallest absolute Gasteiger partial charge is 0.317 e. The molecule has 0 spiro atoms. The normalized spacial score (nSPS) is 17.9. The van der Waals surface area contributed by atoms with Crippen molar-refractivity contribution in [2.75, 3.05) is 19.7 Å². The van der Waals surface area contributed by atoms with Crippen LogP contribution in [0.1, 0.15) is 50.5 Å². The molecule has 1 saturated carbocycles. The Morgan fingerprint density at radius 2 is 1.57 bits per heavy atom. The number of carbonyl (C=O) groups is 3. The van der Waals surface area contributed by atoms with Crippen molar-refractivity contribution in [3.63, 3.8) is 0 Å². The number of nitrogens with zero attached hydrogens (tertiary/aromatic N) is 1. The Hall–Kier alpha value is -2.77. The first-order valence-electron chi connectivity index (χ1n) is 10.8. The Labute approximate surface area is 177 Å². The summed E-state index contributed by atoms with van der Waals surface area (Å²) in [7, 11) is 0. The highest BCUT2D eigenvalue weighted by atomic mass is 16.5. The SMILES string of the molecule is NC(=O)Cc1ccc(OCC(=O)NC2CCN(C(=O)NC3CCCCC3)CC2)cc1. The number of piperidine rings is 1. The number of hydrogen-bond acceptors (Lipinski definition) is 4. The van der Waals surface area contributed by atoms with Crippen LogP contribution in [-0.2, 0) is 16.0 Å². The van der Waals surface area contributed by atoms with Crippen molar-refractivity contribution in [2.45, 2.75) is 63.5 Å². The van der Waals surface area contributed by atoms with Crippen LogP contribution in [0.15, 0.2) is 24.3 Å². The van der Waals surface area contributed by atoms with E-state index >= 15 is 0 Å². The molecule has 0 unspecified atom stereocenters. The minimum absolute atomic E-state index is 0.0230. The lowest BCUT2D eigenvalue weighted by Crippen LogP contribution is -2.51. The van der Waals surface area contributed by atoms with Crippen LogP contribution in [0.4, 0.5) is 4.79 Å². The number of hydrogen-bond donors (Lipinski definition) is 3. The van der Waals surface area contributed by atoms with Crippen molar-refractivity contribution in [3.8, 4) is 5.75 Å². The van der Waals surface area contributed by atoms with E-state index in [1.54, 1.807) is 24.3 Å². The molecule has 1 heterocycles. The van der Waals surface area contributed by atoms with E-state index in [9.17, 15) is 14.4 Å². The van der Waals surface area contributed by atoms with Crippen LogP contribution in [0, 0.1) is 0 Å². The third kappa shape index (κ3) is 6.93. The number of primary amides is 1. The summed E-state index contributed by atoms with van der Waals surface area (Å²) in [5.74, 6) is -0.00513. The minimum atomic E-state index is -0.388. The Morgan fingerprint density at radius 3 is 2.20 bits per heavy atom. The van der Waals surface area contributed by atoms with Gasteiger partial charge in [-0.15, -0.1) is 0 Å². The number of benzene rings is 1. The number of rotatable bonds is 7. The van der Waals surface area contributed by atoms with Gasteiger partial charge in [-0.2, -0.15) is 0 Å².